The number of benzene rings is 2. The molecule has 0 fully saturated rings. The molecule has 3 heteroatoms. The van der Waals surface area contributed by atoms with Crippen LogP contribution in [0.4, 0.5) is 0 Å². The van der Waals surface area contributed by atoms with Crippen LogP contribution in [0, 0.1) is 0 Å². The fraction of sp³-hybridized carbons (Fsp3) is 0.364. The Hall–Kier alpha value is -2.26. The molecule has 0 unspecified atom stereocenters. The van der Waals surface area contributed by atoms with Gasteiger partial charge in [-0.3, -0.25) is 0 Å². The van der Waals surface area contributed by atoms with E-state index in [1.807, 2.05) is 6.08 Å². The fourth-order valence-corrected chi connectivity index (χ4v) is 3.16. The predicted octanol–water partition coefficient (Wildman–Crippen LogP) is 5.21. The van der Waals surface area contributed by atoms with E-state index in [1.165, 1.54) is 16.3 Å². The number of aromatic nitrogens is 1. The average molecular weight is 336 g/mol. The fourth-order valence-electron chi connectivity index (χ4n) is 3.16. The highest BCUT2D eigenvalue weighted by Gasteiger charge is 2.13. The molecule has 0 aliphatic carbocycles. The summed E-state index contributed by atoms with van der Waals surface area (Å²) in [5.41, 5.74) is 3.66. The molecule has 0 saturated heterocycles. The van der Waals surface area contributed by atoms with Crippen LogP contribution in [0.5, 0.6) is 5.75 Å². The van der Waals surface area contributed by atoms with Crippen molar-refractivity contribution in [2.45, 2.75) is 39.2 Å². The Bertz CT molecular complexity index is 871. The Balaban J connectivity index is 1.81. The van der Waals surface area contributed by atoms with Crippen molar-refractivity contribution < 1.29 is 4.74 Å². The number of fused-ring (bicyclic) bond motifs is 3. The van der Waals surface area contributed by atoms with Gasteiger partial charge in [0, 0.05) is 27.4 Å². The van der Waals surface area contributed by atoms with E-state index < -0.39 is 0 Å². The van der Waals surface area contributed by atoms with E-state index in [0.29, 0.717) is 6.61 Å². The zero-order valence-corrected chi connectivity index (χ0v) is 15.5. The molecule has 3 nitrogen and oxygen atoms in total. The summed E-state index contributed by atoms with van der Waals surface area (Å²) in [6.45, 7) is 12.1. The highest BCUT2D eigenvalue weighted by atomic mass is 16.5. The van der Waals surface area contributed by atoms with Gasteiger partial charge in [-0.2, -0.15) is 0 Å². The zero-order chi connectivity index (χ0) is 17.9. The molecule has 0 bridgehead atoms. The van der Waals surface area contributed by atoms with E-state index in [0.717, 1.165) is 36.2 Å². The molecule has 0 atom stereocenters. The lowest BCUT2D eigenvalue weighted by atomic mass is 10.1. The molecule has 0 radical (unpaired) electrons. The first-order valence-corrected chi connectivity index (χ1v) is 9.00. The molecule has 132 valence electrons. The lowest BCUT2D eigenvalue weighted by molar-refractivity contribution is 0.296. The topological polar surface area (TPSA) is 37.0 Å². The zero-order valence-electron chi connectivity index (χ0n) is 15.5. The van der Waals surface area contributed by atoms with Gasteiger partial charge in [0.05, 0.1) is 12.1 Å². The Morgan fingerprint density at radius 1 is 1.12 bits per heavy atom. The maximum Gasteiger partial charge on any atom is 0.124 e. The van der Waals surface area contributed by atoms with Crippen molar-refractivity contribution in [2.75, 3.05) is 13.2 Å². The summed E-state index contributed by atoms with van der Waals surface area (Å²) in [6.07, 6.45) is 3.71. The van der Waals surface area contributed by atoms with Gasteiger partial charge in [-0.15, -0.1) is 6.58 Å². The van der Waals surface area contributed by atoms with Crippen molar-refractivity contribution in [3.05, 3.63) is 54.6 Å². The molecule has 2 N–H and O–H groups in total. The molecule has 3 aromatic rings. The smallest absolute Gasteiger partial charge is 0.124 e. The van der Waals surface area contributed by atoms with Crippen LogP contribution in [-0.2, 0) is 6.42 Å². The van der Waals surface area contributed by atoms with Crippen molar-refractivity contribution >= 4 is 21.8 Å². The average Bonchev–Trinajstić information content (AvgIpc) is 2.94. The number of allylic oxidation sites excluding steroid dienone is 1. The van der Waals surface area contributed by atoms with E-state index in [-0.39, 0.29) is 5.54 Å². The number of hydrogen-bond acceptors (Lipinski definition) is 2. The molecule has 0 saturated carbocycles. The molecular weight excluding hydrogens is 308 g/mol. The third-order valence-electron chi connectivity index (χ3n) is 4.33. The third kappa shape index (κ3) is 4.05. The van der Waals surface area contributed by atoms with Crippen LogP contribution in [0.2, 0.25) is 0 Å². The first-order valence-electron chi connectivity index (χ1n) is 9.00. The first kappa shape index (κ1) is 17.6. The molecule has 2 aromatic carbocycles. The molecule has 0 aliphatic heterocycles. The maximum atomic E-state index is 6.10. The highest BCUT2D eigenvalue weighted by Crippen LogP contribution is 2.33. The second-order valence-electron chi connectivity index (χ2n) is 7.51. The van der Waals surface area contributed by atoms with Crippen LogP contribution in [0.1, 0.15) is 32.8 Å². The number of para-hydroxylation sites is 1. The minimum Gasteiger partial charge on any atom is -0.493 e. The van der Waals surface area contributed by atoms with Crippen LogP contribution in [0.25, 0.3) is 21.8 Å². The summed E-state index contributed by atoms with van der Waals surface area (Å²) < 4.78 is 6.10. The molecule has 0 amide bonds. The van der Waals surface area contributed by atoms with E-state index in [1.54, 1.807) is 0 Å². The second kappa shape index (κ2) is 7.32. The number of hydrogen-bond donors (Lipinski definition) is 2. The standard InChI is InChI=1S/C22H28N2O/c1-5-9-18-20(25-15-8-14-23-22(2,3)4)13-12-17-16-10-6-7-11-19(16)24-21(17)18/h5-7,10-13,23-24H,1,8-9,14-15H2,2-4H3. The normalized spacial score (nSPS) is 12.0. The molecule has 1 heterocycles. The van der Waals surface area contributed by atoms with Gasteiger partial charge in [0.2, 0.25) is 0 Å². The van der Waals surface area contributed by atoms with Gasteiger partial charge in [-0.05, 0) is 58.4 Å². The number of H-pyrrole nitrogens is 1. The number of aromatic amines is 1. The third-order valence-corrected chi connectivity index (χ3v) is 4.33. The molecular formula is C22H28N2O. The van der Waals surface area contributed by atoms with Gasteiger partial charge in [0.15, 0.2) is 0 Å². The van der Waals surface area contributed by atoms with Crippen molar-refractivity contribution in [1.82, 2.24) is 10.3 Å². The SMILES string of the molecule is C=CCc1c(OCCCNC(C)(C)C)ccc2c1[nH]c1ccccc12. The predicted molar refractivity (Wildman–Crippen MR) is 108 cm³/mol. The van der Waals surface area contributed by atoms with Crippen LogP contribution in [0.3, 0.4) is 0 Å². The summed E-state index contributed by atoms with van der Waals surface area (Å²) >= 11 is 0. The van der Waals surface area contributed by atoms with Crippen LogP contribution in [-0.4, -0.2) is 23.7 Å². The van der Waals surface area contributed by atoms with E-state index in [4.69, 9.17) is 4.74 Å². The Labute approximate surface area is 150 Å². The summed E-state index contributed by atoms with van der Waals surface area (Å²) in [5.74, 6) is 0.953. The van der Waals surface area contributed by atoms with Crippen LogP contribution >= 0.6 is 0 Å². The number of ether oxygens (including phenoxy) is 1. The summed E-state index contributed by atoms with van der Waals surface area (Å²) in [7, 11) is 0. The highest BCUT2D eigenvalue weighted by molar-refractivity contribution is 6.08. The maximum absolute atomic E-state index is 6.10. The van der Waals surface area contributed by atoms with Gasteiger partial charge in [-0.1, -0.05) is 24.3 Å². The number of nitrogens with one attached hydrogen (secondary N) is 2. The lowest BCUT2D eigenvalue weighted by Crippen LogP contribution is -2.36. The minimum absolute atomic E-state index is 0.150. The molecule has 25 heavy (non-hydrogen) atoms. The lowest BCUT2D eigenvalue weighted by Gasteiger charge is -2.20. The molecule has 0 aliphatic rings. The monoisotopic (exact) mass is 336 g/mol. The van der Waals surface area contributed by atoms with Crippen LogP contribution < -0.4 is 10.1 Å². The first-order chi connectivity index (χ1) is 12.0. The van der Waals surface area contributed by atoms with Crippen molar-refractivity contribution in [1.29, 1.82) is 0 Å². The van der Waals surface area contributed by atoms with E-state index >= 15 is 0 Å². The van der Waals surface area contributed by atoms with E-state index in [2.05, 4.69) is 74.0 Å². The van der Waals surface area contributed by atoms with Crippen molar-refractivity contribution in [3.63, 3.8) is 0 Å². The van der Waals surface area contributed by atoms with Gasteiger partial charge in [0.25, 0.3) is 0 Å². The Morgan fingerprint density at radius 3 is 2.68 bits per heavy atom. The summed E-state index contributed by atoms with van der Waals surface area (Å²) in [6, 6.07) is 12.7. The van der Waals surface area contributed by atoms with Crippen LogP contribution in [0.15, 0.2) is 49.1 Å². The Morgan fingerprint density at radius 2 is 1.92 bits per heavy atom. The minimum atomic E-state index is 0.150. The largest absolute Gasteiger partial charge is 0.493 e. The van der Waals surface area contributed by atoms with Gasteiger partial charge in [-0.25, -0.2) is 0 Å². The van der Waals surface area contributed by atoms with Crippen molar-refractivity contribution in [2.24, 2.45) is 0 Å². The van der Waals surface area contributed by atoms with Gasteiger partial charge in [0.1, 0.15) is 5.75 Å². The van der Waals surface area contributed by atoms with E-state index in [9.17, 15) is 0 Å². The molecule has 0 spiro atoms. The quantitative estimate of drug-likeness (QED) is 0.459. The summed E-state index contributed by atoms with van der Waals surface area (Å²) in [4.78, 5) is 3.55. The second-order valence-corrected chi connectivity index (χ2v) is 7.51. The number of rotatable bonds is 7. The van der Waals surface area contributed by atoms with Crippen molar-refractivity contribution in [3.8, 4) is 5.75 Å². The molecule has 1 aromatic heterocycles. The molecule has 3 rings (SSSR count). The Kier molecular flexibility index (Phi) is 5.14. The van der Waals surface area contributed by atoms with Gasteiger partial charge < -0.3 is 15.0 Å². The summed E-state index contributed by atoms with van der Waals surface area (Å²) in [5, 5.41) is 5.99. The van der Waals surface area contributed by atoms with Gasteiger partial charge >= 0.3 is 0 Å².